The van der Waals surface area contributed by atoms with E-state index in [0.717, 1.165) is 42.4 Å². The number of carbonyl (C=O) groups is 1. The number of nitrogens with one attached hydrogen (secondary N) is 3. The maximum absolute atomic E-state index is 12.5. The topological polar surface area (TPSA) is 99.8 Å². The van der Waals surface area contributed by atoms with Gasteiger partial charge >= 0.3 is 5.69 Å². The zero-order valence-electron chi connectivity index (χ0n) is 14.0. The van der Waals surface area contributed by atoms with Crippen molar-refractivity contribution < 1.29 is 4.79 Å². The zero-order chi connectivity index (χ0) is 17.8. The van der Waals surface area contributed by atoms with Crippen LogP contribution in [-0.4, -0.2) is 20.4 Å². The van der Waals surface area contributed by atoms with Crippen molar-refractivity contribution in [2.45, 2.75) is 37.6 Å². The summed E-state index contributed by atoms with van der Waals surface area (Å²) in [6, 6.07) is 8.90. The first-order chi connectivity index (χ1) is 12.6. The highest BCUT2D eigenvalue weighted by Crippen LogP contribution is 2.38. The van der Waals surface area contributed by atoms with Crippen molar-refractivity contribution in [2.75, 3.05) is 5.32 Å². The summed E-state index contributed by atoms with van der Waals surface area (Å²) in [4.78, 5) is 42.4. The van der Waals surface area contributed by atoms with Gasteiger partial charge in [0, 0.05) is 17.4 Å². The van der Waals surface area contributed by atoms with Gasteiger partial charge in [-0.2, -0.15) is 0 Å². The minimum absolute atomic E-state index is 0.0862. The first kappa shape index (κ1) is 15.2. The quantitative estimate of drug-likeness (QED) is 0.674. The number of anilines is 1. The van der Waals surface area contributed by atoms with Crippen molar-refractivity contribution >= 4 is 22.6 Å². The van der Waals surface area contributed by atoms with Gasteiger partial charge in [-0.25, -0.2) is 4.79 Å². The Morgan fingerprint density at radius 1 is 1.04 bits per heavy atom. The number of hydrogen-bond donors (Lipinski definition) is 3. The summed E-state index contributed by atoms with van der Waals surface area (Å²) in [7, 11) is 0. The fourth-order valence-corrected chi connectivity index (χ4v) is 3.39. The number of aromatic nitrogens is 3. The third kappa shape index (κ3) is 2.56. The molecule has 0 radical (unpaired) electrons. The number of carbonyl (C=O) groups excluding carboxylic acids is 1. The third-order valence-electron chi connectivity index (χ3n) is 5.08. The molecule has 0 atom stereocenters. The van der Waals surface area contributed by atoms with Gasteiger partial charge in [-0.15, -0.1) is 0 Å². The molecule has 3 aromatic rings. The largest absolute Gasteiger partial charge is 0.326 e. The average molecular weight is 350 g/mol. The first-order valence-corrected chi connectivity index (χ1v) is 8.89. The molecular weight excluding hydrogens is 332 g/mol. The summed E-state index contributed by atoms with van der Waals surface area (Å²) in [5.41, 5.74) is 2.56. The second-order valence-electron chi connectivity index (χ2n) is 7.15. The molecule has 1 aromatic carbocycles. The lowest BCUT2D eigenvalue weighted by atomic mass is 10.2. The number of amides is 1. The van der Waals surface area contributed by atoms with Gasteiger partial charge in [0.05, 0.1) is 11.0 Å². The standard InChI is InChI=1S/C19H18N4O3/c24-17(13-6-8-14(10-1-2-10)21-18(13)25)20-11-3-7-15-16(9-11)23(12-4-5-12)19(26)22-15/h3,6-10,12H,1-2,4-5H2,(H,20,24)(H,21,25)(H,22,26). The zero-order valence-corrected chi connectivity index (χ0v) is 14.0. The maximum atomic E-state index is 12.5. The molecule has 2 heterocycles. The summed E-state index contributed by atoms with van der Waals surface area (Å²) in [5, 5.41) is 2.76. The summed E-state index contributed by atoms with van der Waals surface area (Å²) < 4.78 is 1.74. The fraction of sp³-hybridized carbons (Fsp3) is 0.316. The van der Waals surface area contributed by atoms with Crippen molar-refractivity contribution in [3.05, 3.63) is 62.4 Å². The van der Waals surface area contributed by atoms with Crippen molar-refractivity contribution in [3.63, 3.8) is 0 Å². The van der Waals surface area contributed by atoms with Crippen LogP contribution in [0, 0.1) is 0 Å². The van der Waals surface area contributed by atoms with E-state index >= 15 is 0 Å². The van der Waals surface area contributed by atoms with E-state index in [-0.39, 0.29) is 22.9 Å². The number of fused-ring (bicyclic) bond motifs is 1. The number of nitrogens with zero attached hydrogens (tertiary/aromatic N) is 1. The molecule has 0 spiro atoms. The average Bonchev–Trinajstić information content (AvgIpc) is 3.51. The normalized spacial score (nSPS) is 16.8. The van der Waals surface area contributed by atoms with Crippen LogP contribution in [0.1, 0.15) is 53.7 Å². The number of benzene rings is 1. The molecule has 1 amide bonds. The molecule has 2 saturated carbocycles. The van der Waals surface area contributed by atoms with Gasteiger partial charge < -0.3 is 15.3 Å². The van der Waals surface area contributed by atoms with Crippen LogP contribution in [0.25, 0.3) is 11.0 Å². The van der Waals surface area contributed by atoms with E-state index in [1.54, 1.807) is 28.8 Å². The van der Waals surface area contributed by atoms with Crippen LogP contribution in [0.4, 0.5) is 5.69 Å². The second-order valence-corrected chi connectivity index (χ2v) is 7.15. The highest BCUT2D eigenvalue weighted by Gasteiger charge is 2.27. The molecule has 0 aliphatic heterocycles. The Hall–Kier alpha value is -3.09. The van der Waals surface area contributed by atoms with E-state index in [4.69, 9.17) is 0 Å². The molecule has 7 heteroatoms. The monoisotopic (exact) mass is 350 g/mol. The minimum atomic E-state index is -0.455. The Bertz CT molecular complexity index is 1150. The number of pyridine rings is 1. The smallest absolute Gasteiger partial charge is 0.325 e. The number of H-pyrrole nitrogens is 2. The van der Waals surface area contributed by atoms with Crippen LogP contribution in [0.3, 0.4) is 0 Å². The molecule has 132 valence electrons. The highest BCUT2D eigenvalue weighted by molar-refractivity contribution is 6.04. The predicted molar refractivity (Wildman–Crippen MR) is 97.8 cm³/mol. The second kappa shape index (κ2) is 5.45. The Morgan fingerprint density at radius 2 is 1.85 bits per heavy atom. The van der Waals surface area contributed by atoms with Gasteiger partial charge in [-0.05, 0) is 61.9 Å². The molecule has 2 fully saturated rings. The summed E-state index contributed by atoms with van der Waals surface area (Å²) in [6.45, 7) is 0. The van der Waals surface area contributed by atoms with Crippen LogP contribution < -0.4 is 16.6 Å². The van der Waals surface area contributed by atoms with E-state index in [2.05, 4.69) is 15.3 Å². The molecule has 2 aliphatic rings. The van der Waals surface area contributed by atoms with Crippen molar-refractivity contribution in [2.24, 2.45) is 0 Å². The Balaban J connectivity index is 1.45. The minimum Gasteiger partial charge on any atom is -0.325 e. The van der Waals surface area contributed by atoms with Gasteiger partial charge in [0.1, 0.15) is 5.56 Å². The van der Waals surface area contributed by atoms with Gasteiger partial charge in [0.15, 0.2) is 0 Å². The van der Waals surface area contributed by atoms with E-state index in [9.17, 15) is 14.4 Å². The molecule has 26 heavy (non-hydrogen) atoms. The molecule has 0 saturated heterocycles. The SMILES string of the molecule is O=C(Nc1ccc2[nH]c(=O)n(C3CC3)c2c1)c1ccc(C2CC2)[nH]c1=O. The van der Waals surface area contributed by atoms with Crippen molar-refractivity contribution in [1.82, 2.24) is 14.5 Å². The molecule has 5 rings (SSSR count). The summed E-state index contributed by atoms with van der Waals surface area (Å²) >= 11 is 0. The first-order valence-electron chi connectivity index (χ1n) is 8.89. The lowest BCUT2D eigenvalue weighted by molar-refractivity contribution is 0.102. The van der Waals surface area contributed by atoms with Crippen molar-refractivity contribution in [1.29, 1.82) is 0 Å². The molecule has 0 bridgehead atoms. The van der Waals surface area contributed by atoms with E-state index in [0.29, 0.717) is 11.6 Å². The lowest BCUT2D eigenvalue weighted by Crippen LogP contribution is -2.23. The van der Waals surface area contributed by atoms with Crippen LogP contribution in [0.2, 0.25) is 0 Å². The number of aromatic amines is 2. The maximum Gasteiger partial charge on any atom is 0.326 e. The molecule has 3 N–H and O–H groups in total. The Kier molecular flexibility index (Phi) is 3.19. The fourth-order valence-electron chi connectivity index (χ4n) is 3.39. The molecule has 0 unspecified atom stereocenters. The summed E-state index contributed by atoms with van der Waals surface area (Å²) in [6.07, 6.45) is 4.15. The lowest BCUT2D eigenvalue weighted by Gasteiger charge is -2.07. The van der Waals surface area contributed by atoms with Gasteiger partial charge in [-0.1, -0.05) is 0 Å². The Morgan fingerprint density at radius 3 is 2.54 bits per heavy atom. The van der Waals surface area contributed by atoms with E-state index < -0.39 is 5.91 Å². The van der Waals surface area contributed by atoms with Crippen LogP contribution in [0.15, 0.2) is 39.9 Å². The number of hydrogen-bond acceptors (Lipinski definition) is 3. The van der Waals surface area contributed by atoms with Crippen LogP contribution in [0.5, 0.6) is 0 Å². The van der Waals surface area contributed by atoms with Gasteiger partial charge in [0.25, 0.3) is 11.5 Å². The van der Waals surface area contributed by atoms with Crippen molar-refractivity contribution in [3.8, 4) is 0 Å². The highest BCUT2D eigenvalue weighted by atomic mass is 16.2. The predicted octanol–water partition coefficient (Wildman–Crippen LogP) is 2.48. The van der Waals surface area contributed by atoms with Gasteiger partial charge in [-0.3, -0.25) is 14.2 Å². The molecule has 2 aromatic heterocycles. The van der Waals surface area contributed by atoms with Crippen LogP contribution >= 0.6 is 0 Å². The van der Waals surface area contributed by atoms with Gasteiger partial charge in [0.2, 0.25) is 0 Å². The molecular formula is C19H18N4O3. The van der Waals surface area contributed by atoms with Crippen LogP contribution in [-0.2, 0) is 0 Å². The molecule has 7 nitrogen and oxygen atoms in total. The Labute approximate surface area is 148 Å². The summed E-state index contributed by atoms with van der Waals surface area (Å²) in [5.74, 6) is -0.0289. The van der Waals surface area contributed by atoms with E-state index in [1.807, 2.05) is 6.07 Å². The van der Waals surface area contributed by atoms with E-state index in [1.165, 1.54) is 0 Å². The number of rotatable bonds is 4. The molecule has 2 aliphatic carbocycles. The third-order valence-corrected chi connectivity index (χ3v) is 5.08. The number of imidazole rings is 1.